The summed E-state index contributed by atoms with van der Waals surface area (Å²) >= 11 is 0. The fourth-order valence-corrected chi connectivity index (χ4v) is 4.09. The standard InChI is InChI=1S/C16H21F5O3/c1-3-12(22-4-2)23-15(16(19,20)21)14(17,18)8-11-9-5-6-10(7-9)13(11)24-15/h5-6,9-13H,3-4,7-8H2,1-2H3. The van der Waals surface area contributed by atoms with Gasteiger partial charge in [-0.3, -0.25) is 0 Å². The van der Waals surface area contributed by atoms with Crippen molar-refractivity contribution in [3.8, 4) is 0 Å². The predicted octanol–water partition coefficient (Wildman–Crippen LogP) is 4.28. The van der Waals surface area contributed by atoms with Crippen LogP contribution in [0.2, 0.25) is 0 Å². The van der Waals surface area contributed by atoms with Crippen LogP contribution in [0.15, 0.2) is 12.2 Å². The normalized spacial score (nSPS) is 41.5. The molecule has 0 aromatic carbocycles. The number of ether oxygens (including phenoxy) is 3. The average Bonchev–Trinajstić information content (AvgIpc) is 3.06. The van der Waals surface area contributed by atoms with Gasteiger partial charge in [0.25, 0.3) is 0 Å². The lowest BCUT2D eigenvalue weighted by atomic mass is 9.80. The van der Waals surface area contributed by atoms with Gasteiger partial charge in [0.1, 0.15) is 0 Å². The van der Waals surface area contributed by atoms with Crippen LogP contribution in [-0.2, 0) is 14.2 Å². The molecule has 6 unspecified atom stereocenters. The molecule has 138 valence electrons. The van der Waals surface area contributed by atoms with Crippen LogP contribution in [0.25, 0.3) is 0 Å². The second-order valence-corrected chi connectivity index (χ2v) is 6.63. The van der Waals surface area contributed by atoms with Crippen LogP contribution < -0.4 is 0 Å². The summed E-state index contributed by atoms with van der Waals surface area (Å²) in [5.74, 6) is -9.18. The predicted molar refractivity (Wildman–Crippen MR) is 74.2 cm³/mol. The van der Waals surface area contributed by atoms with E-state index in [2.05, 4.69) is 0 Å². The van der Waals surface area contributed by atoms with Crippen molar-refractivity contribution in [3.63, 3.8) is 0 Å². The van der Waals surface area contributed by atoms with Gasteiger partial charge in [-0.1, -0.05) is 19.1 Å². The van der Waals surface area contributed by atoms with Crippen molar-refractivity contribution in [2.45, 2.75) is 63.4 Å². The van der Waals surface area contributed by atoms with Crippen LogP contribution in [0, 0.1) is 17.8 Å². The van der Waals surface area contributed by atoms with E-state index in [9.17, 15) is 22.0 Å². The SMILES string of the molecule is CCOC(CC)OC1(C(F)(F)F)OC2C3C=CC(C3)C2CC1(F)F. The maximum Gasteiger partial charge on any atom is 0.450 e. The maximum atomic E-state index is 14.7. The lowest BCUT2D eigenvalue weighted by Crippen LogP contribution is -2.69. The zero-order chi connectivity index (χ0) is 17.8. The number of alkyl halides is 5. The number of allylic oxidation sites excluding steroid dienone is 1. The van der Waals surface area contributed by atoms with E-state index in [1.54, 1.807) is 13.0 Å². The Morgan fingerprint density at radius 3 is 2.46 bits per heavy atom. The molecule has 0 radical (unpaired) electrons. The van der Waals surface area contributed by atoms with E-state index in [4.69, 9.17) is 14.2 Å². The summed E-state index contributed by atoms with van der Waals surface area (Å²) in [5, 5.41) is 0. The summed E-state index contributed by atoms with van der Waals surface area (Å²) in [4.78, 5) is 0. The van der Waals surface area contributed by atoms with Crippen LogP contribution >= 0.6 is 0 Å². The topological polar surface area (TPSA) is 27.7 Å². The Morgan fingerprint density at radius 1 is 1.21 bits per heavy atom. The average molecular weight is 356 g/mol. The highest BCUT2D eigenvalue weighted by Crippen LogP contribution is 2.60. The first-order chi connectivity index (χ1) is 11.1. The van der Waals surface area contributed by atoms with Crippen LogP contribution in [0.3, 0.4) is 0 Å². The van der Waals surface area contributed by atoms with Gasteiger partial charge in [-0.05, 0) is 31.6 Å². The Labute approximate surface area is 137 Å². The number of rotatable bonds is 5. The number of hydrogen-bond donors (Lipinski definition) is 0. The van der Waals surface area contributed by atoms with Crippen LogP contribution in [0.4, 0.5) is 22.0 Å². The molecule has 0 aromatic rings. The molecule has 0 aromatic heterocycles. The molecule has 8 heteroatoms. The zero-order valence-electron chi connectivity index (χ0n) is 13.5. The van der Waals surface area contributed by atoms with E-state index in [0.717, 1.165) is 0 Å². The van der Waals surface area contributed by atoms with Crippen molar-refractivity contribution in [1.82, 2.24) is 0 Å². The quantitative estimate of drug-likeness (QED) is 0.418. The monoisotopic (exact) mass is 356 g/mol. The molecular weight excluding hydrogens is 335 g/mol. The first-order valence-electron chi connectivity index (χ1n) is 8.25. The second-order valence-electron chi connectivity index (χ2n) is 6.63. The lowest BCUT2D eigenvalue weighted by molar-refractivity contribution is -0.492. The number of hydrogen-bond acceptors (Lipinski definition) is 3. The van der Waals surface area contributed by atoms with Crippen molar-refractivity contribution in [1.29, 1.82) is 0 Å². The Kier molecular flexibility index (Phi) is 4.45. The molecule has 2 fully saturated rings. The molecule has 0 amide bonds. The van der Waals surface area contributed by atoms with Crippen molar-refractivity contribution >= 4 is 0 Å². The summed E-state index contributed by atoms with van der Waals surface area (Å²) in [7, 11) is 0. The van der Waals surface area contributed by atoms with Crippen LogP contribution in [0.5, 0.6) is 0 Å². The van der Waals surface area contributed by atoms with Gasteiger partial charge in [-0.15, -0.1) is 0 Å². The second kappa shape index (κ2) is 5.92. The first kappa shape index (κ1) is 18.1. The van der Waals surface area contributed by atoms with Gasteiger partial charge in [0, 0.05) is 18.9 Å². The van der Waals surface area contributed by atoms with Gasteiger partial charge in [-0.2, -0.15) is 13.2 Å². The number of halogens is 5. The van der Waals surface area contributed by atoms with Crippen molar-refractivity contribution in [2.24, 2.45) is 17.8 Å². The molecule has 1 heterocycles. The molecule has 2 aliphatic carbocycles. The fourth-order valence-electron chi connectivity index (χ4n) is 4.09. The third kappa shape index (κ3) is 2.57. The van der Waals surface area contributed by atoms with E-state index < -0.39 is 42.6 Å². The number of fused-ring (bicyclic) bond motifs is 5. The smallest absolute Gasteiger partial charge is 0.353 e. The maximum absolute atomic E-state index is 14.7. The Morgan fingerprint density at radius 2 is 1.88 bits per heavy atom. The van der Waals surface area contributed by atoms with Crippen molar-refractivity contribution in [3.05, 3.63) is 12.2 Å². The third-order valence-corrected chi connectivity index (χ3v) is 5.18. The minimum Gasteiger partial charge on any atom is -0.353 e. The fraction of sp³-hybridized carbons (Fsp3) is 0.875. The summed E-state index contributed by atoms with van der Waals surface area (Å²) < 4.78 is 85.4. The summed E-state index contributed by atoms with van der Waals surface area (Å²) in [6.07, 6.45) is -4.46. The molecule has 24 heavy (non-hydrogen) atoms. The zero-order valence-corrected chi connectivity index (χ0v) is 13.5. The minimum absolute atomic E-state index is 0.00512. The molecule has 3 nitrogen and oxygen atoms in total. The van der Waals surface area contributed by atoms with Crippen LogP contribution in [0.1, 0.15) is 33.1 Å². The van der Waals surface area contributed by atoms with E-state index in [-0.39, 0.29) is 24.9 Å². The third-order valence-electron chi connectivity index (χ3n) is 5.18. The Balaban J connectivity index is 1.96. The molecule has 6 atom stereocenters. The largest absolute Gasteiger partial charge is 0.450 e. The molecule has 0 N–H and O–H groups in total. The Bertz CT molecular complexity index is 506. The molecule has 0 spiro atoms. The van der Waals surface area contributed by atoms with Crippen LogP contribution in [-0.4, -0.2) is 36.9 Å². The van der Waals surface area contributed by atoms with Crippen molar-refractivity contribution in [2.75, 3.05) is 6.61 Å². The highest BCUT2D eigenvalue weighted by atomic mass is 19.4. The lowest BCUT2D eigenvalue weighted by Gasteiger charge is -2.50. The van der Waals surface area contributed by atoms with Gasteiger partial charge < -0.3 is 14.2 Å². The van der Waals surface area contributed by atoms with Gasteiger partial charge >= 0.3 is 17.9 Å². The molecule has 1 saturated heterocycles. The van der Waals surface area contributed by atoms with Gasteiger partial charge in [0.15, 0.2) is 6.29 Å². The highest BCUT2D eigenvalue weighted by Gasteiger charge is 2.78. The van der Waals surface area contributed by atoms with Gasteiger partial charge in [0.2, 0.25) is 0 Å². The molecule has 3 rings (SSSR count). The molecule has 2 bridgehead atoms. The molecular formula is C16H21F5O3. The summed E-state index contributed by atoms with van der Waals surface area (Å²) in [5.41, 5.74) is 0. The summed E-state index contributed by atoms with van der Waals surface area (Å²) in [6, 6.07) is 0. The van der Waals surface area contributed by atoms with E-state index in [1.807, 2.05) is 6.08 Å². The van der Waals surface area contributed by atoms with E-state index >= 15 is 0 Å². The van der Waals surface area contributed by atoms with Gasteiger partial charge in [-0.25, -0.2) is 8.78 Å². The molecule has 1 saturated carbocycles. The first-order valence-corrected chi connectivity index (χ1v) is 8.25. The molecule has 1 aliphatic heterocycles. The Hall–Kier alpha value is -0.730. The molecule has 3 aliphatic rings. The van der Waals surface area contributed by atoms with Crippen molar-refractivity contribution < 1.29 is 36.2 Å². The van der Waals surface area contributed by atoms with E-state index in [0.29, 0.717) is 6.42 Å². The van der Waals surface area contributed by atoms with Gasteiger partial charge in [0.05, 0.1) is 6.10 Å². The summed E-state index contributed by atoms with van der Waals surface area (Å²) in [6.45, 7) is 3.12. The minimum atomic E-state index is -5.38. The van der Waals surface area contributed by atoms with E-state index in [1.165, 1.54) is 6.92 Å². The highest BCUT2D eigenvalue weighted by molar-refractivity contribution is 5.18.